The first-order valence-corrected chi connectivity index (χ1v) is 6.57. The number of hydrogen-bond donors (Lipinski definition) is 1. The van der Waals surface area contributed by atoms with Crippen LogP contribution in [0.2, 0.25) is 0 Å². The summed E-state index contributed by atoms with van der Waals surface area (Å²) in [6, 6.07) is 7.83. The molecule has 1 aromatic rings. The number of nitrogens with zero attached hydrogens (tertiary/aromatic N) is 1. The first kappa shape index (κ1) is 16.0. The predicted molar refractivity (Wildman–Crippen MR) is 79.7 cm³/mol. The molecule has 20 heavy (non-hydrogen) atoms. The summed E-state index contributed by atoms with van der Waals surface area (Å²) in [7, 11) is 0. The molecule has 0 aliphatic rings. The number of nitrogens with one attached hydrogen (secondary N) is 1. The smallest absolute Gasteiger partial charge is 0.412 e. The maximum Gasteiger partial charge on any atom is 0.412 e. The Bertz CT molecular complexity index is 549. The molecule has 1 N–H and O–H groups in total. The fourth-order valence-electron chi connectivity index (χ4n) is 1.67. The fourth-order valence-corrected chi connectivity index (χ4v) is 1.67. The SMILES string of the molecule is Cc1cc(C(C)(C)C#N)ccc1NC(=O)OC(C)(C)C. The lowest BCUT2D eigenvalue weighted by Crippen LogP contribution is -2.27. The minimum atomic E-state index is -0.546. The zero-order valence-corrected chi connectivity index (χ0v) is 13.0. The minimum Gasteiger partial charge on any atom is -0.444 e. The van der Waals surface area contributed by atoms with E-state index in [0.717, 1.165) is 11.1 Å². The Kier molecular flexibility index (Phi) is 4.44. The lowest BCUT2D eigenvalue weighted by atomic mass is 9.85. The van der Waals surface area contributed by atoms with Crippen molar-refractivity contribution in [2.75, 3.05) is 5.32 Å². The molecule has 0 atom stereocenters. The van der Waals surface area contributed by atoms with Crippen LogP contribution in [0.1, 0.15) is 45.7 Å². The average molecular weight is 274 g/mol. The van der Waals surface area contributed by atoms with Gasteiger partial charge < -0.3 is 4.74 Å². The molecule has 0 fully saturated rings. The molecule has 1 aromatic carbocycles. The topological polar surface area (TPSA) is 62.1 Å². The standard InChI is InChI=1S/C16H22N2O2/c1-11-9-12(16(5,6)10-17)7-8-13(11)18-14(19)20-15(2,3)4/h7-9H,1-6H3,(H,18,19). The molecule has 108 valence electrons. The van der Waals surface area contributed by atoms with Gasteiger partial charge in [0, 0.05) is 5.69 Å². The number of carbonyl (C=O) groups excluding carboxylic acids is 1. The van der Waals surface area contributed by atoms with Gasteiger partial charge in [0.15, 0.2) is 0 Å². The highest BCUT2D eigenvalue weighted by molar-refractivity contribution is 5.86. The number of carbonyl (C=O) groups is 1. The second kappa shape index (κ2) is 5.54. The molecule has 0 radical (unpaired) electrons. The summed E-state index contributed by atoms with van der Waals surface area (Å²) in [5.74, 6) is 0. The molecule has 4 nitrogen and oxygen atoms in total. The molecular formula is C16H22N2O2. The van der Waals surface area contributed by atoms with Crippen molar-refractivity contribution in [2.45, 2.75) is 52.6 Å². The molecule has 0 unspecified atom stereocenters. The Balaban J connectivity index is 2.90. The Morgan fingerprint density at radius 1 is 1.25 bits per heavy atom. The van der Waals surface area contributed by atoms with E-state index in [2.05, 4.69) is 11.4 Å². The highest BCUT2D eigenvalue weighted by Crippen LogP contribution is 2.26. The van der Waals surface area contributed by atoms with Crippen LogP contribution in [-0.4, -0.2) is 11.7 Å². The summed E-state index contributed by atoms with van der Waals surface area (Å²) in [4.78, 5) is 11.7. The molecule has 0 saturated carbocycles. The minimum absolute atomic E-state index is 0.479. The van der Waals surface area contributed by atoms with Crippen molar-refractivity contribution in [3.05, 3.63) is 29.3 Å². The third kappa shape index (κ3) is 4.27. The number of nitriles is 1. The van der Waals surface area contributed by atoms with Crippen LogP contribution in [0.25, 0.3) is 0 Å². The van der Waals surface area contributed by atoms with Crippen LogP contribution in [0.5, 0.6) is 0 Å². The number of ether oxygens (including phenoxy) is 1. The van der Waals surface area contributed by atoms with Gasteiger partial charge in [0.25, 0.3) is 0 Å². The quantitative estimate of drug-likeness (QED) is 0.881. The third-order valence-electron chi connectivity index (χ3n) is 2.86. The zero-order valence-electron chi connectivity index (χ0n) is 13.0. The van der Waals surface area contributed by atoms with Crippen LogP contribution in [0.3, 0.4) is 0 Å². The lowest BCUT2D eigenvalue weighted by Gasteiger charge is -2.21. The van der Waals surface area contributed by atoms with E-state index in [0.29, 0.717) is 5.69 Å². The number of aryl methyl sites for hydroxylation is 1. The highest BCUT2D eigenvalue weighted by atomic mass is 16.6. The summed E-state index contributed by atoms with van der Waals surface area (Å²) >= 11 is 0. The summed E-state index contributed by atoms with van der Waals surface area (Å²) in [5.41, 5.74) is 1.44. The van der Waals surface area contributed by atoms with Crippen molar-refractivity contribution >= 4 is 11.8 Å². The normalized spacial score (nSPS) is 11.7. The van der Waals surface area contributed by atoms with Gasteiger partial charge in [0.05, 0.1) is 11.5 Å². The highest BCUT2D eigenvalue weighted by Gasteiger charge is 2.21. The van der Waals surface area contributed by atoms with Crippen molar-refractivity contribution in [3.63, 3.8) is 0 Å². The molecule has 0 aliphatic heterocycles. The van der Waals surface area contributed by atoms with Crippen LogP contribution in [0.4, 0.5) is 10.5 Å². The maximum atomic E-state index is 11.7. The number of amides is 1. The second-order valence-corrected chi connectivity index (χ2v) is 6.39. The number of benzene rings is 1. The Labute approximate surface area is 120 Å². The van der Waals surface area contributed by atoms with Gasteiger partial charge in [-0.1, -0.05) is 12.1 Å². The molecule has 0 bridgehead atoms. The Morgan fingerprint density at radius 3 is 2.30 bits per heavy atom. The molecule has 1 rings (SSSR count). The van der Waals surface area contributed by atoms with E-state index in [1.165, 1.54) is 0 Å². The van der Waals surface area contributed by atoms with E-state index in [9.17, 15) is 4.79 Å². The monoisotopic (exact) mass is 274 g/mol. The van der Waals surface area contributed by atoms with E-state index in [4.69, 9.17) is 10.00 Å². The van der Waals surface area contributed by atoms with Gasteiger partial charge in [-0.25, -0.2) is 4.79 Å². The maximum absolute atomic E-state index is 11.7. The molecule has 4 heteroatoms. The Morgan fingerprint density at radius 2 is 1.85 bits per heavy atom. The average Bonchev–Trinajstić information content (AvgIpc) is 2.29. The zero-order chi connectivity index (χ0) is 15.6. The third-order valence-corrected chi connectivity index (χ3v) is 2.86. The van der Waals surface area contributed by atoms with Crippen LogP contribution in [-0.2, 0) is 10.2 Å². The van der Waals surface area contributed by atoms with E-state index < -0.39 is 17.1 Å². The molecule has 1 amide bonds. The molecule has 0 saturated heterocycles. The number of hydrogen-bond acceptors (Lipinski definition) is 3. The molecular weight excluding hydrogens is 252 g/mol. The van der Waals surface area contributed by atoms with Crippen molar-refractivity contribution in [1.82, 2.24) is 0 Å². The van der Waals surface area contributed by atoms with Gasteiger partial charge in [-0.05, 0) is 58.7 Å². The predicted octanol–water partition coefficient (Wildman–Crippen LogP) is 4.14. The first-order valence-electron chi connectivity index (χ1n) is 6.57. The van der Waals surface area contributed by atoms with E-state index in [-0.39, 0.29) is 0 Å². The lowest BCUT2D eigenvalue weighted by molar-refractivity contribution is 0.0636. The van der Waals surface area contributed by atoms with Crippen LogP contribution >= 0.6 is 0 Å². The van der Waals surface area contributed by atoms with Crippen molar-refractivity contribution < 1.29 is 9.53 Å². The largest absolute Gasteiger partial charge is 0.444 e. The van der Waals surface area contributed by atoms with Crippen molar-refractivity contribution in [3.8, 4) is 6.07 Å². The van der Waals surface area contributed by atoms with Crippen LogP contribution in [0.15, 0.2) is 18.2 Å². The molecule has 0 heterocycles. The summed E-state index contributed by atoms with van der Waals surface area (Å²) in [6.07, 6.45) is -0.479. The van der Waals surface area contributed by atoms with Gasteiger partial charge in [0.2, 0.25) is 0 Å². The summed E-state index contributed by atoms with van der Waals surface area (Å²) < 4.78 is 5.21. The van der Waals surface area contributed by atoms with Crippen molar-refractivity contribution in [2.24, 2.45) is 0 Å². The van der Waals surface area contributed by atoms with E-state index in [1.807, 2.05) is 53.7 Å². The summed E-state index contributed by atoms with van der Waals surface area (Å²) in [5, 5.41) is 11.9. The molecule has 0 aliphatic carbocycles. The summed E-state index contributed by atoms with van der Waals surface area (Å²) in [6.45, 7) is 11.1. The van der Waals surface area contributed by atoms with Gasteiger partial charge in [-0.2, -0.15) is 5.26 Å². The fraction of sp³-hybridized carbons (Fsp3) is 0.500. The number of rotatable bonds is 2. The van der Waals surface area contributed by atoms with Crippen LogP contribution < -0.4 is 5.32 Å². The molecule has 0 spiro atoms. The van der Waals surface area contributed by atoms with Crippen LogP contribution in [0, 0.1) is 18.3 Å². The van der Waals surface area contributed by atoms with Gasteiger partial charge >= 0.3 is 6.09 Å². The van der Waals surface area contributed by atoms with Gasteiger partial charge in [-0.15, -0.1) is 0 Å². The molecule has 0 aromatic heterocycles. The second-order valence-electron chi connectivity index (χ2n) is 6.39. The van der Waals surface area contributed by atoms with Gasteiger partial charge in [0.1, 0.15) is 5.60 Å². The van der Waals surface area contributed by atoms with Gasteiger partial charge in [-0.3, -0.25) is 5.32 Å². The number of anilines is 1. The first-order chi connectivity index (χ1) is 9.05. The van der Waals surface area contributed by atoms with Crippen molar-refractivity contribution in [1.29, 1.82) is 5.26 Å². The Hall–Kier alpha value is -2.02. The van der Waals surface area contributed by atoms with E-state index >= 15 is 0 Å². The van der Waals surface area contributed by atoms with E-state index in [1.54, 1.807) is 6.07 Å².